The number of carbonyl (C=O) groups excluding carboxylic acids is 2. The Morgan fingerprint density at radius 2 is 0.738 bits per heavy atom. The molecule has 0 N–H and O–H groups in total. The van der Waals surface area contributed by atoms with Crippen LogP contribution in [-0.2, 0) is 56.9 Å². The molecular weight excluding hydrogens is 558 g/mol. The molecule has 0 aliphatic heterocycles. The summed E-state index contributed by atoms with van der Waals surface area (Å²) in [7, 11) is 1.68. The van der Waals surface area contributed by atoms with Gasteiger partial charge in [0.2, 0.25) is 0 Å². The number of likely N-dealkylation sites (N-methyl/N-ethyl adjacent to an activating group) is 1. The van der Waals surface area contributed by atoms with E-state index in [0.29, 0.717) is 125 Å². The van der Waals surface area contributed by atoms with Crippen molar-refractivity contribution in [3.05, 3.63) is 0 Å². The molecule has 0 saturated carbocycles. The number of nitrogens with zero attached hydrogens (tertiary/aromatic N) is 1. The fourth-order valence-corrected chi connectivity index (χ4v) is 2.74. The van der Waals surface area contributed by atoms with Crippen molar-refractivity contribution < 1.29 is 61.7 Å². The molecule has 1 amide bonds. The number of amides is 1. The Bertz CT molecular complexity index is 619. The Morgan fingerprint density at radius 1 is 0.476 bits per heavy atom. The van der Waals surface area contributed by atoms with Crippen LogP contribution in [0.3, 0.4) is 0 Å². The Labute approximate surface area is 251 Å². The zero-order valence-corrected chi connectivity index (χ0v) is 26.4. The van der Waals surface area contributed by atoms with Gasteiger partial charge in [-0.3, -0.25) is 4.79 Å². The monoisotopic (exact) mass is 613 g/mol. The molecule has 0 bridgehead atoms. The lowest BCUT2D eigenvalue weighted by molar-refractivity contribution is -0.142. The van der Waals surface area contributed by atoms with Gasteiger partial charge in [0.05, 0.1) is 119 Å². The van der Waals surface area contributed by atoms with Crippen LogP contribution in [0.15, 0.2) is 0 Å². The minimum atomic E-state index is -0.511. The van der Waals surface area contributed by atoms with Crippen LogP contribution in [0.4, 0.5) is 4.79 Å². The predicted octanol–water partition coefficient (Wildman–Crippen LogP) is 1.57. The maximum atomic E-state index is 11.8. The van der Waals surface area contributed by atoms with E-state index in [4.69, 9.17) is 52.1 Å². The Balaban J connectivity index is 3.16. The number of carbonyl (C=O) groups is 2. The third-order valence-electron chi connectivity index (χ3n) is 4.79. The van der Waals surface area contributed by atoms with Gasteiger partial charge in [-0.15, -0.1) is 0 Å². The van der Waals surface area contributed by atoms with E-state index in [2.05, 4.69) is 0 Å². The highest BCUT2D eigenvalue weighted by Crippen LogP contribution is 2.08. The fourth-order valence-electron chi connectivity index (χ4n) is 2.74. The Hall–Kier alpha value is -1.62. The summed E-state index contributed by atoms with van der Waals surface area (Å²) >= 11 is 0. The zero-order valence-electron chi connectivity index (χ0n) is 26.4. The van der Waals surface area contributed by atoms with E-state index in [-0.39, 0.29) is 18.7 Å². The largest absolute Gasteiger partial charge is 0.463 e. The summed E-state index contributed by atoms with van der Waals surface area (Å²) in [5, 5.41) is 0. The number of hydrogen-bond acceptors (Lipinski definition) is 13. The maximum absolute atomic E-state index is 11.8. The lowest BCUT2D eigenvalue weighted by Gasteiger charge is -2.24. The first kappa shape index (κ1) is 40.4. The van der Waals surface area contributed by atoms with E-state index in [0.717, 1.165) is 0 Å². The molecule has 0 aromatic heterocycles. The molecule has 0 radical (unpaired) electrons. The average Bonchev–Trinajstić information content (AvgIpc) is 2.92. The van der Waals surface area contributed by atoms with Gasteiger partial charge in [-0.2, -0.15) is 0 Å². The lowest BCUT2D eigenvalue weighted by atomic mass is 10.2. The van der Waals surface area contributed by atoms with Crippen LogP contribution in [0, 0.1) is 0 Å². The molecule has 0 atom stereocenters. The average molecular weight is 614 g/mol. The van der Waals surface area contributed by atoms with E-state index in [1.165, 1.54) is 11.8 Å². The highest BCUT2D eigenvalue weighted by atomic mass is 16.6. The molecule has 0 spiro atoms. The predicted molar refractivity (Wildman–Crippen MR) is 153 cm³/mol. The smallest absolute Gasteiger partial charge is 0.410 e. The summed E-state index contributed by atoms with van der Waals surface area (Å²) in [6, 6.07) is 0. The van der Waals surface area contributed by atoms with Crippen LogP contribution in [0.5, 0.6) is 0 Å². The molecule has 14 nitrogen and oxygen atoms in total. The molecule has 42 heavy (non-hydrogen) atoms. The summed E-state index contributed by atoms with van der Waals surface area (Å²) in [6.07, 6.45) is -0.367. The molecule has 0 unspecified atom stereocenters. The van der Waals surface area contributed by atoms with Crippen molar-refractivity contribution in [1.82, 2.24) is 4.90 Å². The van der Waals surface area contributed by atoms with E-state index in [1.807, 2.05) is 20.8 Å². The topological polar surface area (TPSA) is 139 Å². The number of esters is 1. The van der Waals surface area contributed by atoms with Crippen LogP contribution in [-0.4, -0.2) is 162 Å². The maximum Gasteiger partial charge on any atom is 0.410 e. The molecule has 0 aromatic carbocycles. The van der Waals surface area contributed by atoms with Crippen molar-refractivity contribution in [3.8, 4) is 0 Å². The van der Waals surface area contributed by atoms with Crippen LogP contribution >= 0.6 is 0 Å². The van der Waals surface area contributed by atoms with E-state index >= 15 is 0 Å². The summed E-state index contributed by atoms with van der Waals surface area (Å²) in [5.74, 6) is -0.314. The molecule has 0 aliphatic rings. The van der Waals surface area contributed by atoms with E-state index < -0.39 is 5.60 Å². The number of rotatable bonds is 30. The number of ether oxygens (including phenoxy) is 11. The third-order valence-corrected chi connectivity index (χ3v) is 4.79. The first-order valence-electron chi connectivity index (χ1n) is 14.5. The van der Waals surface area contributed by atoms with Gasteiger partial charge in [0, 0.05) is 20.5 Å². The molecular formula is C28H55NO13. The van der Waals surface area contributed by atoms with Gasteiger partial charge in [-0.25, -0.2) is 4.79 Å². The molecule has 0 saturated heterocycles. The second kappa shape index (κ2) is 29.5. The molecule has 0 fully saturated rings. The molecule has 14 heteroatoms. The van der Waals surface area contributed by atoms with E-state index in [1.54, 1.807) is 7.05 Å². The minimum Gasteiger partial charge on any atom is -0.463 e. The van der Waals surface area contributed by atoms with Crippen molar-refractivity contribution >= 4 is 12.1 Å². The lowest BCUT2D eigenvalue weighted by Crippen LogP contribution is -2.36. The highest BCUT2D eigenvalue weighted by molar-refractivity contribution is 5.67. The summed E-state index contributed by atoms with van der Waals surface area (Å²) < 4.78 is 58.8. The molecule has 0 aliphatic carbocycles. The Kier molecular flexibility index (Phi) is 28.3. The fraction of sp³-hybridized carbons (Fsp3) is 0.929. The molecule has 0 rings (SSSR count). The first-order chi connectivity index (χ1) is 20.2. The van der Waals surface area contributed by atoms with E-state index in [9.17, 15) is 9.59 Å². The minimum absolute atomic E-state index is 0.255. The van der Waals surface area contributed by atoms with Crippen molar-refractivity contribution in [2.24, 2.45) is 0 Å². The van der Waals surface area contributed by atoms with Crippen molar-refractivity contribution in [2.75, 3.05) is 139 Å². The van der Waals surface area contributed by atoms with Crippen molar-refractivity contribution in [3.63, 3.8) is 0 Å². The van der Waals surface area contributed by atoms with Gasteiger partial charge >= 0.3 is 12.1 Å². The van der Waals surface area contributed by atoms with Crippen LogP contribution in [0.25, 0.3) is 0 Å². The summed E-state index contributed by atoms with van der Waals surface area (Å²) in [6.45, 7) is 15.9. The summed E-state index contributed by atoms with van der Waals surface area (Å²) in [5.41, 5.74) is -0.511. The second-order valence-electron chi connectivity index (χ2n) is 9.75. The zero-order chi connectivity index (χ0) is 31.2. The van der Waals surface area contributed by atoms with Crippen molar-refractivity contribution in [1.29, 1.82) is 0 Å². The van der Waals surface area contributed by atoms with Gasteiger partial charge in [-0.1, -0.05) is 0 Å². The molecule has 250 valence electrons. The highest BCUT2D eigenvalue weighted by Gasteiger charge is 2.19. The van der Waals surface area contributed by atoms with Crippen LogP contribution in [0.1, 0.15) is 27.7 Å². The molecule has 0 aromatic rings. The third kappa shape index (κ3) is 32.9. The normalized spacial score (nSPS) is 11.5. The van der Waals surface area contributed by atoms with Crippen molar-refractivity contribution in [2.45, 2.75) is 33.3 Å². The van der Waals surface area contributed by atoms with Gasteiger partial charge in [0.15, 0.2) is 0 Å². The summed E-state index contributed by atoms with van der Waals surface area (Å²) in [4.78, 5) is 23.9. The first-order valence-corrected chi connectivity index (χ1v) is 14.5. The SMILES string of the molecule is CC(=O)OCCOCCOCCOCCOCCOCCOCCOCCOCCOCCN(C)C(=O)OC(C)(C)C. The Morgan fingerprint density at radius 3 is 1.00 bits per heavy atom. The van der Waals surface area contributed by atoms with Gasteiger partial charge in [0.25, 0.3) is 0 Å². The van der Waals surface area contributed by atoms with Crippen LogP contribution < -0.4 is 0 Å². The molecule has 0 heterocycles. The van der Waals surface area contributed by atoms with Crippen LogP contribution in [0.2, 0.25) is 0 Å². The van der Waals surface area contributed by atoms with Gasteiger partial charge < -0.3 is 57.0 Å². The quantitative estimate of drug-likeness (QED) is 0.0856. The number of hydrogen-bond donors (Lipinski definition) is 0. The van der Waals surface area contributed by atoms with Gasteiger partial charge in [-0.05, 0) is 20.8 Å². The van der Waals surface area contributed by atoms with Gasteiger partial charge in [0.1, 0.15) is 12.2 Å². The standard InChI is InChI=1S/C28H55NO13/c1-26(30)41-25-24-40-23-22-39-21-20-38-19-18-37-17-16-36-15-14-35-13-12-34-11-10-33-9-8-32-7-6-29(5)27(31)42-28(2,3)4/h6-25H2,1-5H3. The second-order valence-corrected chi connectivity index (χ2v) is 9.75.